The van der Waals surface area contributed by atoms with E-state index in [-0.39, 0.29) is 0 Å². The maximum Gasteiger partial charge on any atom is 0.137 e. The number of para-hydroxylation sites is 1. The summed E-state index contributed by atoms with van der Waals surface area (Å²) in [6, 6.07) is 13.8. The standard InChI is InChI=1S/C21H20BrClN2O2S/c22-15-5-6-19-16(13-15)17(21(28)24-7-10-26-11-8-24)14-25(19)9-12-27-20-4-2-1-3-18(20)23/h1-6,13-14H,7-12H2. The van der Waals surface area contributed by atoms with E-state index < -0.39 is 0 Å². The summed E-state index contributed by atoms with van der Waals surface area (Å²) >= 11 is 15.6. The van der Waals surface area contributed by atoms with Crippen LogP contribution in [0.3, 0.4) is 0 Å². The third kappa shape index (κ3) is 4.20. The second-order valence-corrected chi connectivity index (χ2v) is 8.29. The zero-order valence-electron chi connectivity index (χ0n) is 15.2. The molecule has 2 aromatic carbocycles. The molecule has 0 amide bonds. The van der Waals surface area contributed by atoms with Gasteiger partial charge in [0.2, 0.25) is 0 Å². The fraction of sp³-hybridized carbons (Fsp3) is 0.286. The van der Waals surface area contributed by atoms with Gasteiger partial charge < -0.3 is 18.9 Å². The molecule has 3 aromatic rings. The number of hydrogen-bond donors (Lipinski definition) is 0. The van der Waals surface area contributed by atoms with E-state index in [4.69, 9.17) is 33.3 Å². The van der Waals surface area contributed by atoms with Crippen LogP contribution >= 0.6 is 39.7 Å². The molecular weight excluding hydrogens is 460 g/mol. The van der Waals surface area contributed by atoms with Gasteiger partial charge in [0.1, 0.15) is 17.3 Å². The fourth-order valence-corrected chi connectivity index (χ4v) is 4.27. The molecule has 0 bridgehead atoms. The third-order valence-corrected chi connectivity index (χ3v) is 6.08. The normalized spacial score (nSPS) is 14.4. The Balaban J connectivity index is 1.58. The summed E-state index contributed by atoms with van der Waals surface area (Å²) in [5, 5.41) is 1.77. The van der Waals surface area contributed by atoms with Crippen LogP contribution < -0.4 is 4.74 Å². The third-order valence-electron chi connectivity index (χ3n) is 4.80. The first-order chi connectivity index (χ1) is 13.6. The number of thiocarbonyl (C=S) groups is 1. The predicted molar refractivity (Wildman–Crippen MR) is 121 cm³/mol. The molecule has 28 heavy (non-hydrogen) atoms. The van der Waals surface area contributed by atoms with Crippen LogP contribution in [0.25, 0.3) is 10.9 Å². The Labute approximate surface area is 183 Å². The van der Waals surface area contributed by atoms with Gasteiger partial charge in [-0.3, -0.25) is 0 Å². The lowest BCUT2D eigenvalue weighted by molar-refractivity contribution is 0.0693. The van der Waals surface area contributed by atoms with Crippen LogP contribution in [0.15, 0.2) is 53.1 Å². The number of fused-ring (bicyclic) bond motifs is 1. The van der Waals surface area contributed by atoms with Crippen LogP contribution in [0, 0.1) is 0 Å². The highest BCUT2D eigenvalue weighted by Gasteiger charge is 2.19. The molecule has 0 spiro atoms. The summed E-state index contributed by atoms with van der Waals surface area (Å²) in [6.07, 6.45) is 2.13. The van der Waals surface area contributed by atoms with Crippen LogP contribution in [0.1, 0.15) is 5.56 Å². The van der Waals surface area contributed by atoms with Crippen molar-refractivity contribution in [2.45, 2.75) is 6.54 Å². The Morgan fingerprint density at radius 3 is 2.75 bits per heavy atom. The summed E-state index contributed by atoms with van der Waals surface area (Å²) in [5.41, 5.74) is 2.21. The van der Waals surface area contributed by atoms with E-state index in [1.54, 1.807) is 0 Å². The minimum absolute atomic E-state index is 0.521. The van der Waals surface area contributed by atoms with Crippen molar-refractivity contribution in [3.63, 3.8) is 0 Å². The van der Waals surface area contributed by atoms with Crippen molar-refractivity contribution < 1.29 is 9.47 Å². The molecule has 146 valence electrons. The molecule has 0 N–H and O–H groups in total. The molecule has 0 saturated carbocycles. The number of aromatic nitrogens is 1. The van der Waals surface area contributed by atoms with Crippen LogP contribution in [0.2, 0.25) is 5.02 Å². The van der Waals surface area contributed by atoms with Crippen molar-refractivity contribution in [2.24, 2.45) is 0 Å². The number of benzene rings is 2. The van der Waals surface area contributed by atoms with E-state index in [1.807, 2.05) is 24.3 Å². The largest absolute Gasteiger partial charge is 0.490 e. The van der Waals surface area contributed by atoms with Gasteiger partial charge in [0.15, 0.2) is 0 Å². The summed E-state index contributed by atoms with van der Waals surface area (Å²) in [4.78, 5) is 3.09. The van der Waals surface area contributed by atoms with Gasteiger partial charge in [-0.25, -0.2) is 0 Å². The van der Waals surface area contributed by atoms with Gasteiger partial charge in [0.25, 0.3) is 0 Å². The molecule has 0 aliphatic carbocycles. The lowest BCUT2D eigenvalue weighted by Gasteiger charge is -2.29. The molecule has 7 heteroatoms. The lowest BCUT2D eigenvalue weighted by Crippen LogP contribution is -2.40. The first-order valence-corrected chi connectivity index (χ1v) is 10.7. The first kappa shape index (κ1) is 19.7. The quantitative estimate of drug-likeness (QED) is 0.473. The average molecular weight is 480 g/mol. The number of halogens is 2. The molecule has 4 rings (SSSR count). The highest BCUT2D eigenvalue weighted by molar-refractivity contribution is 9.10. The Bertz CT molecular complexity index is 1000. The van der Waals surface area contributed by atoms with Crippen molar-refractivity contribution in [2.75, 3.05) is 32.9 Å². The van der Waals surface area contributed by atoms with Gasteiger partial charge in [-0.1, -0.05) is 51.9 Å². The minimum Gasteiger partial charge on any atom is -0.490 e. The van der Waals surface area contributed by atoms with E-state index in [2.05, 4.69) is 49.8 Å². The topological polar surface area (TPSA) is 26.6 Å². The second kappa shape index (κ2) is 8.82. The van der Waals surface area contributed by atoms with Crippen LogP contribution in [0.5, 0.6) is 5.75 Å². The molecule has 0 unspecified atom stereocenters. The maximum atomic E-state index is 6.18. The highest BCUT2D eigenvalue weighted by Crippen LogP contribution is 2.28. The minimum atomic E-state index is 0.521. The van der Waals surface area contributed by atoms with Gasteiger partial charge in [0.05, 0.1) is 24.8 Å². The number of morpholine rings is 1. The molecule has 1 saturated heterocycles. The Morgan fingerprint density at radius 2 is 1.96 bits per heavy atom. The summed E-state index contributed by atoms with van der Waals surface area (Å²) in [5.74, 6) is 0.701. The summed E-state index contributed by atoms with van der Waals surface area (Å²) < 4.78 is 14.6. The molecule has 1 aliphatic rings. The van der Waals surface area contributed by atoms with Gasteiger partial charge in [0, 0.05) is 40.2 Å². The van der Waals surface area contributed by atoms with E-state index in [1.165, 1.54) is 0 Å². The maximum absolute atomic E-state index is 6.18. The number of hydrogen-bond acceptors (Lipinski definition) is 3. The van der Waals surface area contributed by atoms with Gasteiger partial charge in [-0.15, -0.1) is 0 Å². The summed E-state index contributed by atoms with van der Waals surface area (Å²) in [6.45, 7) is 4.31. The fourth-order valence-electron chi connectivity index (χ4n) is 3.38. The smallest absolute Gasteiger partial charge is 0.137 e. The molecule has 1 fully saturated rings. The molecule has 0 radical (unpaired) electrons. The van der Waals surface area contributed by atoms with Gasteiger partial charge >= 0.3 is 0 Å². The monoisotopic (exact) mass is 478 g/mol. The summed E-state index contributed by atoms with van der Waals surface area (Å²) in [7, 11) is 0. The van der Waals surface area contributed by atoms with Crippen molar-refractivity contribution in [1.82, 2.24) is 9.47 Å². The van der Waals surface area contributed by atoms with Crippen molar-refractivity contribution in [3.05, 3.63) is 63.7 Å². The molecule has 1 aromatic heterocycles. The molecule has 4 nitrogen and oxygen atoms in total. The predicted octanol–water partition coefficient (Wildman–Crippen LogP) is 5.14. The van der Waals surface area contributed by atoms with Crippen LogP contribution in [0.4, 0.5) is 0 Å². The number of rotatable bonds is 5. The van der Waals surface area contributed by atoms with E-state index in [0.717, 1.165) is 39.0 Å². The Morgan fingerprint density at radius 1 is 1.18 bits per heavy atom. The van der Waals surface area contributed by atoms with Gasteiger partial charge in [-0.05, 0) is 30.3 Å². The molecule has 2 heterocycles. The zero-order valence-corrected chi connectivity index (χ0v) is 18.4. The Kier molecular flexibility index (Phi) is 6.21. The first-order valence-electron chi connectivity index (χ1n) is 9.16. The van der Waals surface area contributed by atoms with E-state index in [9.17, 15) is 0 Å². The molecule has 1 aliphatic heterocycles. The van der Waals surface area contributed by atoms with Crippen molar-refractivity contribution in [1.29, 1.82) is 0 Å². The van der Waals surface area contributed by atoms with Crippen molar-refractivity contribution in [3.8, 4) is 5.75 Å². The molecular formula is C21H20BrClN2O2S. The highest BCUT2D eigenvalue weighted by atomic mass is 79.9. The number of nitrogens with zero attached hydrogens (tertiary/aromatic N) is 2. The van der Waals surface area contributed by atoms with Crippen molar-refractivity contribution >= 4 is 55.6 Å². The zero-order chi connectivity index (χ0) is 19.5. The van der Waals surface area contributed by atoms with E-state index >= 15 is 0 Å². The van der Waals surface area contributed by atoms with E-state index in [0.29, 0.717) is 37.1 Å². The van der Waals surface area contributed by atoms with Gasteiger partial charge in [-0.2, -0.15) is 0 Å². The second-order valence-electron chi connectivity index (χ2n) is 6.58. The SMILES string of the molecule is S=C(c1cn(CCOc2ccccc2Cl)c2ccc(Br)cc12)N1CCOCC1. The van der Waals surface area contributed by atoms with Crippen LogP contribution in [-0.2, 0) is 11.3 Å². The lowest BCUT2D eigenvalue weighted by atomic mass is 10.1. The number of ether oxygens (including phenoxy) is 2. The Hall–Kier alpha value is -1.60. The molecule has 0 atom stereocenters. The average Bonchev–Trinajstić information content (AvgIpc) is 3.07. The van der Waals surface area contributed by atoms with Crippen LogP contribution in [-0.4, -0.2) is 47.4 Å².